The molecule has 136 valence electrons. The summed E-state index contributed by atoms with van der Waals surface area (Å²) in [5.41, 5.74) is 0.719. The molecule has 3 rings (SSSR count). The number of rotatable bonds is 6. The Kier molecular flexibility index (Phi) is 5.31. The van der Waals surface area contributed by atoms with Gasteiger partial charge in [0.05, 0.1) is 25.2 Å². The summed E-state index contributed by atoms with van der Waals surface area (Å²) in [5.74, 6) is 0.730. The quantitative estimate of drug-likeness (QED) is 0.714. The van der Waals surface area contributed by atoms with E-state index in [1.54, 1.807) is 18.3 Å². The lowest BCUT2D eigenvalue weighted by Gasteiger charge is -2.26. The second kappa shape index (κ2) is 7.31. The van der Waals surface area contributed by atoms with Gasteiger partial charge in [-0.2, -0.15) is 0 Å². The van der Waals surface area contributed by atoms with Crippen molar-refractivity contribution < 1.29 is 22.4 Å². The maximum absolute atomic E-state index is 11.9. The molecule has 0 amide bonds. The van der Waals surface area contributed by atoms with Crippen LogP contribution < -0.4 is 0 Å². The molecule has 0 spiro atoms. The summed E-state index contributed by atoms with van der Waals surface area (Å²) in [6.07, 6.45) is 0.622. The van der Waals surface area contributed by atoms with E-state index in [1.807, 2.05) is 23.6 Å². The van der Waals surface area contributed by atoms with Crippen molar-refractivity contribution in [2.45, 2.75) is 32.5 Å². The number of methoxy groups -OCH3 is 1. The fourth-order valence-electron chi connectivity index (χ4n) is 3.10. The van der Waals surface area contributed by atoms with E-state index < -0.39 is 15.8 Å². The molecule has 8 heteroatoms. The second-order valence-electron chi connectivity index (χ2n) is 6.26. The summed E-state index contributed by atoms with van der Waals surface area (Å²) in [6, 6.07) is 5.79. The van der Waals surface area contributed by atoms with E-state index in [2.05, 4.69) is 4.90 Å². The predicted octanol–water partition coefficient (Wildman–Crippen LogP) is 2.63. The number of hydrogen-bond acceptors (Lipinski definition) is 7. The van der Waals surface area contributed by atoms with Gasteiger partial charge in [0.1, 0.15) is 5.76 Å². The minimum Gasteiger partial charge on any atom is -0.463 e. The molecule has 0 aliphatic carbocycles. The van der Waals surface area contributed by atoms with Crippen LogP contribution in [-0.4, -0.2) is 43.9 Å². The van der Waals surface area contributed by atoms with Gasteiger partial charge >= 0.3 is 5.97 Å². The maximum Gasteiger partial charge on any atom is 0.374 e. The van der Waals surface area contributed by atoms with Crippen LogP contribution >= 0.6 is 11.3 Å². The molecule has 0 radical (unpaired) electrons. The lowest BCUT2D eigenvalue weighted by Crippen LogP contribution is -2.34. The SMILES string of the molecule is COC(=O)c1oc(CN(Cc2cccs2)[C@H]2CCS(=O)(=O)C2)cc1C. The molecule has 1 aliphatic heterocycles. The highest BCUT2D eigenvalue weighted by Gasteiger charge is 2.33. The molecule has 3 heterocycles. The molecule has 0 saturated carbocycles. The number of esters is 1. The second-order valence-corrected chi connectivity index (χ2v) is 9.52. The zero-order valence-electron chi connectivity index (χ0n) is 14.2. The summed E-state index contributed by atoms with van der Waals surface area (Å²) in [5, 5.41) is 2.01. The molecule has 1 atom stereocenters. The molecule has 1 saturated heterocycles. The van der Waals surface area contributed by atoms with Crippen LogP contribution in [0.25, 0.3) is 0 Å². The third-order valence-electron chi connectivity index (χ3n) is 4.36. The van der Waals surface area contributed by atoms with Crippen molar-refractivity contribution in [2.24, 2.45) is 0 Å². The van der Waals surface area contributed by atoms with E-state index in [1.165, 1.54) is 12.0 Å². The topological polar surface area (TPSA) is 76.8 Å². The van der Waals surface area contributed by atoms with Crippen LogP contribution in [-0.2, 0) is 27.7 Å². The number of carbonyl (C=O) groups excluding carboxylic acids is 1. The molecule has 2 aromatic heterocycles. The van der Waals surface area contributed by atoms with E-state index >= 15 is 0 Å². The maximum atomic E-state index is 11.9. The van der Waals surface area contributed by atoms with Crippen LogP contribution in [0.5, 0.6) is 0 Å². The Labute approximate surface area is 151 Å². The largest absolute Gasteiger partial charge is 0.463 e. The van der Waals surface area contributed by atoms with Crippen LogP contribution in [0.4, 0.5) is 0 Å². The monoisotopic (exact) mass is 383 g/mol. The summed E-state index contributed by atoms with van der Waals surface area (Å²) < 4.78 is 34.1. The van der Waals surface area contributed by atoms with Gasteiger partial charge in [-0.25, -0.2) is 13.2 Å². The number of thiophene rings is 1. The van der Waals surface area contributed by atoms with E-state index in [9.17, 15) is 13.2 Å². The Morgan fingerprint density at radius 3 is 2.84 bits per heavy atom. The van der Waals surface area contributed by atoms with Gasteiger partial charge in [-0.3, -0.25) is 4.90 Å². The molecule has 1 fully saturated rings. The summed E-state index contributed by atoms with van der Waals surface area (Å²) >= 11 is 1.64. The molecular weight excluding hydrogens is 362 g/mol. The van der Waals surface area contributed by atoms with Crippen LogP contribution in [0.2, 0.25) is 0 Å². The van der Waals surface area contributed by atoms with Gasteiger partial charge < -0.3 is 9.15 Å². The van der Waals surface area contributed by atoms with E-state index in [0.29, 0.717) is 25.3 Å². The molecule has 0 N–H and O–H groups in total. The number of ether oxygens (including phenoxy) is 1. The number of hydrogen-bond donors (Lipinski definition) is 0. The summed E-state index contributed by atoms with van der Waals surface area (Å²) in [7, 11) is -1.66. The van der Waals surface area contributed by atoms with E-state index in [-0.39, 0.29) is 23.3 Å². The number of nitrogens with zero attached hydrogens (tertiary/aromatic N) is 1. The third kappa shape index (κ3) is 4.31. The first-order chi connectivity index (χ1) is 11.9. The fraction of sp³-hybridized carbons (Fsp3) is 0.471. The third-order valence-corrected chi connectivity index (χ3v) is 6.97. The van der Waals surface area contributed by atoms with Gasteiger partial charge in [0, 0.05) is 23.0 Å². The van der Waals surface area contributed by atoms with Crippen LogP contribution in [0.3, 0.4) is 0 Å². The average Bonchev–Trinajstić information content (AvgIpc) is 3.27. The normalized spacial score (nSPS) is 19.4. The minimum atomic E-state index is -2.98. The average molecular weight is 383 g/mol. The Morgan fingerprint density at radius 2 is 2.24 bits per heavy atom. The van der Waals surface area contributed by atoms with Crippen LogP contribution in [0.1, 0.15) is 33.2 Å². The Hall–Kier alpha value is -1.64. The van der Waals surface area contributed by atoms with Crippen LogP contribution in [0, 0.1) is 6.92 Å². The first-order valence-corrected chi connectivity index (χ1v) is 10.7. The summed E-state index contributed by atoms with van der Waals surface area (Å²) in [4.78, 5) is 15.0. The minimum absolute atomic E-state index is 0.0425. The zero-order valence-corrected chi connectivity index (χ0v) is 15.9. The first-order valence-electron chi connectivity index (χ1n) is 8.02. The van der Waals surface area contributed by atoms with Crippen molar-refractivity contribution in [2.75, 3.05) is 18.6 Å². The van der Waals surface area contributed by atoms with Gasteiger partial charge in [0.25, 0.3) is 0 Å². The van der Waals surface area contributed by atoms with Crippen molar-refractivity contribution in [1.82, 2.24) is 4.90 Å². The Morgan fingerprint density at radius 1 is 1.44 bits per heavy atom. The number of carbonyl (C=O) groups is 1. The Balaban J connectivity index is 1.81. The molecular formula is C17H21NO5S2. The van der Waals surface area contributed by atoms with Gasteiger partial charge in [-0.15, -0.1) is 11.3 Å². The van der Waals surface area contributed by atoms with Crippen LogP contribution in [0.15, 0.2) is 28.0 Å². The number of furan rings is 1. The predicted molar refractivity (Wildman–Crippen MR) is 95.4 cm³/mol. The van der Waals surface area contributed by atoms with Crippen molar-refractivity contribution in [3.8, 4) is 0 Å². The van der Waals surface area contributed by atoms with E-state index in [0.717, 1.165) is 5.56 Å². The van der Waals surface area contributed by atoms with Gasteiger partial charge in [0.2, 0.25) is 5.76 Å². The highest BCUT2D eigenvalue weighted by atomic mass is 32.2. The van der Waals surface area contributed by atoms with Crippen molar-refractivity contribution in [3.63, 3.8) is 0 Å². The fourth-order valence-corrected chi connectivity index (χ4v) is 5.59. The highest BCUT2D eigenvalue weighted by Crippen LogP contribution is 2.25. The molecule has 25 heavy (non-hydrogen) atoms. The molecule has 2 aromatic rings. The lowest BCUT2D eigenvalue weighted by molar-refractivity contribution is 0.0559. The zero-order chi connectivity index (χ0) is 18.0. The van der Waals surface area contributed by atoms with E-state index in [4.69, 9.17) is 9.15 Å². The molecule has 0 bridgehead atoms. The molecule has 0 unspecified atom stereocenters. The number of sulfone groups is 1. The molecule has 6 nitrogen and oxygen atoms in total. The molecule has 0 aromatic carbocycles. The smallest absolute Gasteiger partial charge is 0.374 e. The lowest BCUT2D eigenvalue weighted by atomic mass is 10.2. The van der Waals surface area contributed by atoms with Crippen molar-refractivity contribution in [3.05, 3.63) is 45.5 Å². The first kappa shape index (κ1) is 18.2. The standard InChI is InChI=1S/C17H21NO5S2/c1-12-8-14(23-16(12)17(19)22-2)9-18(10-15-4-3-6-24-15)13-5-7-25(20,21)11-13/h3-4,6,8,13H,5,7,9-11H2,1-2H3/t13-/m0/s1. The van der Waals surface area contributed by atoms with Gasteiger partial charge in [-0.1, -0.05) is 6.07 Å². The molecule has 1 aliphatic rings. The highest BCUT2D eigenvalue weighted by molar-refractivity contribution is 7.91. The number of aryl methyl sites for hydroxylation is 1. The summed E-state index contributed by atoms with van der Waals surface area (Å²) in [6.45, 7) is 2.91. The van der Waals surface area contributed by atoms with Gasteiger partial charge in [-0.05, 0) is 30.9 Å². The Bertz CT molecular complexity index is 839. The van der Waals surface area contributed by atoms with Gasteiger partial charge in [0.15, 0.2) is 9.84 Å². The van der Waals surface area contributed by atoms with Crippen molar-refractivity contribution >= 4 is 27.1 Å². The van der Waals surface area contributed by atoms with Crippen molar-refractivity contribution in [1.29, 1.82) is 0 Å².